The Labute approximate surface area is 127 Å². The lowest BCUT2D eigenvalue weighted by Crippen LogP contribution is -2.07. The Morgan fingerprint density at radius 2 is 2.14 bits per heavy atom. The second kappa shape index (κ2) is 5.47. The maximum atomic E-state index is 8.81. The number of benzene rings is 1. The van der Waals surface area contributed by atoms with Gasteiger partial charge in [-0.15, -0.1) is 0 Å². The lowest BCUT2D eigenvalue weighted by Gasteiger charge is -2.13. The van der Waals surface area contributed by atoms with Gasteiger partial charge in [0.1, 0.15) is 23.2 Å². The third-order valence-corrected chi connectivity index (χ3v) is 3.48. The van der Waals surface area contributed by atoms with E-state index in [1.807, 2.05) is 43.3 Å². The van der Waals surface area contributed by atoms with E-state index >= 15 is 0 Å². The fraction of sp³-hybridized carbons (Fsp3) is 0.125. The minimum atomic E-state index is -0.0877. The van der Waals surface area contributed by atoms with Gasteiger partial charge in [-0.25, -0.2) is 4.98 Å². The highest BCUT2D eigenvalue weighted by molar-refractivity contribution is 6.33. The summed E-state index contributed by atoms with van der Waals surface area (Å²) < 4.78 is 5.80. The van der Waals surface area contributed by atoms with Crippen molar-refractivity contribution in [1.29, 1.82) is 5.26 Å². The Kier molecular flexibility index (Phi) is 3.51. The van der Waals surface area contributed by atoms with Gasteiger partial charge in [0.25, 0.3) is 0 Å². The van der Waals surface area contributed by atoms with Crippen molar-refractivity contribution in [3.05, 3.63) is 58.9 Å². The van der Waals surface area contributed by atoms with Gasteiger partial charge >= 0.3 is 0 Å². The SMILES string of the molecule is C[C@@H](Nc1ncc(C#N)cc1Cl)c1cc2ccccc2o1. The first-order valence-corrected chi connectivity index (χ1v) is 6.86. The molecule has 1 aromatic carbocycles. The van der Waals surface area contributed by atoms with Gasteiger partial charge in [0.15, 0.2) is 0 Å². The van der Waals surface area contributed by atoms with Gasteiger partial charge in [-0.1, -0.05) is 29.8 Å². The summed E-state index contributed by atoms with van der Waals surface area (Å²) in [6.45, 7) is 1.97. The molecule has 0 radical (unpaired) electrons. The predicted molar refractivity (Wildman–Crippen MR) is 82.2 cm³/mol. The summed E-state index contributed by atoms with van der Waals surface area (Å²) in [5.74, 6) is 1.34. The van der Waals surface area contributed by atoms with Gasteiger partial charge in [-0.2, -0.15) is 5.26 Å². The van der Waals surface area contributed by atoms with Crippen LogP contribution in [-0.2, 0) is 0 Å². The van der Waals surface area contributed by atoms with Crippen molar-refractivity contribution in [3.8, 4) is 6.07 Å². The van der Waals surface area contributed by atoms with Gasteiger partial charge in [0, 0.05) is 11.6 Å². The monoisotopic (exact) mass is 297 g/mol. The average Bonchev–Trinajstić information content (AvgIpc) is 2.93. The molecular weight excluding hydrogens is 286 g/mol. The number of aromatic nitrogens is 1. The van der Waals surface area contributed by atoms with Gasteiger partial charge in [0.05, 0.1) is 16.6 Å². The summed E-state index contributed by atoms with van der Waals surface area (Å²) >= 11 is 6.11. The standard InChI is InChI=1S/C16H12ClN3O/c1-10(15-7-12-4-2-3-5-14(12)21-15)20-16-13(17)6-11(8-18)9-19-16/h2-7,9-10H,1H3,(H,19,20)/t10-/m1/s1. The molecule has 5 heteroatoms. The van der Waals surface area contributed by atoms with Crippen LogP contribution < -0.4 is 5.32 Å². The maximum absolute atomic E-state index is 8.81. The van der Waals surface area contributed by atoms with E-state index in [1.54, 1.807) is 6.07 Å². The van der Waals surface area contributed by atoms with Crippen molar-refractivity contribution in [2.24, 2.45) is 0 Å². The zero-order valence-corrected chi connectivity index (χ0v) is 12.1. The van der Waals surface area contributed by atoms with Crippen LogP contribution in [0.5, 0.6) is 0 Å². The second-order valence-corrected chi connectivity index (χ2v) is 5.13. The highest BCUT2D eigenvalue weighted by Gasteiger charge is 2.13. The summed E-state index contributed by atoms with van der Waals surface area (Å²) in [7, 11) is 0. The minimum absolute atomic E-state index is 0.0877. The molecule has 0 bridgehead atoms. The Hall–Kier alpha value is -2.51. The van der Waals surface area contributed by atoms with Crippen LogP contribution in [0, 0.1) is 11.3 Å². The Bertz CT molecular complexity index is 802. The van der Waals surface area contributed by atoms with E-state index in [9.17, 15) is 0 Å². The number of anilines is 1. The highest BCUT2D eigenvalue weighted by Crippen LogP contribution is 2.28. The van der Waals surface area contributed by atoms with Gasteiger partial charge < -0.3 is 9.73 Å². The van der Waals surface area contributed by atoms with Crippen LogP contribution in [0.1, 0.15) is 24.3 Å². The molecule has 2 heterocycles. The fourth-order valence-electron chi connectivity index (χ4n) is 2.10. The number of nitrogens with zero attached hydrogens (tertiary/aromatic N) is 2. The average molecular weight is 298 g/mol. The quantitative estimate of drug-likeness (QED) is 0.771. The van der Waals surface area contributed by atoms with Crippen molar-refractivity contribution in [3.63, 3.8) is 0 Å². The molecule has 21 heavy (non-hydrogen) atoms. The zero-order valence-electron chi connectivity index (χ0n) is 11.3. The smallest absolute Gasteiger partial charge is 0.145 e. The first kappa shape index (κ1) is 13.5. The lowest BCUT2D eigenvalue weighted by molar-refractivity contribution is 0.525. The summed E-state index contributed by atoms with van der Waals surface area (Å²) in [4.78, 5) is 4.16. The first-order chi connectivity index (χ1) is 10.2. The number of halogens is 1. The highest BCUT2D eigenvalue weighted by atomic mass is 35.5. The third kappa shape index (κ3) is 2.69. The molecule has 104 valence electrons. The van der Waals surface area contributed by atoms with E-state index < -0.39 is 0 Å². The van der Waals surface area contributed by atoms with Crippen LogP contribution in [0.4, 0.5) is 5.82 Å². The number of hydrogen-bond donors (Lipinski definition) is 1. The minimum Gasteiger partial charge on any atom is -0.459 e. The lowest BCUT2D eigenvalue weighted by atomic mass is 10.2. The van der Waals surface area contributed by atoms with Crippen molar-refractivity contribution < 1.29 is 4.42 Å². The molecule has 0 aliphatic carbocycles. The molecule has 4 nitrogen and oxygen atoms in total. The van der Waals surface area contributed by atoms with E-state index in [4.69, 9.17) is 21.3 Å². The topological polar surface area (TPSA) is 61.9 Å². The van der Waals surface area contributed by atoms with Gasteiger partial charge in [0.2, 0.25) is 0 Å². The first-order valence-electron chi connectivity index (χ1n) is 6.48. The Balaban J connectivity index is 1.86. The second-order valence-electron chi connectivity index (χ2n) is 4.72. The number of rotatable bonds is 3. The molecule has 1 atom stereocenters. The molecule has 0 fully saturated rings. The predicted octanol–water partition coefficient (Wildman–Crippen LogP) is 4.53. The molecule has 0 unspecified atom stereocenters. The van der Waals surface area contributed by atoms with Crippen molar-refractivity contribution in [2.75, 3.05) is 5.32 Å². The third-order valence-electron chi connectivity index (χ3n) is 3.19. The molecule has 0 saturated heterocycles. The summed E-state index contributed by atoms with van der Waals surface area (Å²) in [6.07, 6.45) is 1.49. The van der Waals surface area contributed by atoms with E-state index in [2.05, 4.69) is 10.3 Å². The van der Waals surface area contributed by atoms with Crippen LogP contribution in [0.15, 0.2) is 47.0 Å². The normalized spacial score (nSPS) is 12.0. The number of nitriles is 1. The fourth-order valence-corrected chi connectivity index (χ4v) is 2.32. The molecule has 2 aromatic heterocycles. The Morgan fingerprint density at radius 1 is 1.33 bits per heavy atom. The van der Waals surface area contributed by atoms with Crippen LogP contribution in [-0.4, -0.2) is 4.98 Å². The Morgan fingerprint density at radius 3 is 2.86 bits per heavy atom. The number of fused-ring (bicyclic) bond motifs is 1. The number of nitrogens with one attached hydrogen (secondary N) is 1. The van der Waals surface area contributed by atoms with Crippen LogP contribution in [0.2, 0.25) is 5.02 Å². The van der Waals surface area contributed by atoms with Gasteiger partial charge in [-0.05, 0) is 25.1 Å². The molecular formula is C16H12ClN3O. The zero-order chi connectivity index (χ0) is 14.8. The summed E-state index contributed by atoms with van der Waals surface area (Å²) in [6, 6.07) is 13.3. The van der Waals surface area contributed by atoms with Gasteiger partial charge in [-0.3, -0.25) is 0 Å². The van der Waals surface area contributed by atoms with Crippen molar-refractivity contribution >= 4 is 28.4 Å². The van der Waals surface area contributed by atoms with Crippen LogP contribution >= 0.6 is 11.6 Å². The molecule has 0 aliphatic rings. The van der Waals surface area contributed by atoms with Crippen molar-refractivity contribution in [1.82, 2.24) is 4.98 Å². The van der Waals surface area contributed by atoms with E-state index in [0.717, 1.165) is 16.7 Å². The van der Waals surface area contributed by atoms with Crippen LogP contribution in [0.3, 0.4) is 0 Å². The van der Waals surface area contributed by atoms with Crippen molar-refractivity contribution in [2.45, 2.75) is 13.0 Å². The summed E-state index contributed by atoms with van der Waals surface area (Å²) in [5.41, 5.74) is 1.28. The van der Waals surface area contributed by atoms with E-state index in [0.29, 0.717) is 16.4 Å². The maximum Gasteiger partial charge on any atom is 0.145 e. The molecule has 3 rings (SSSR count). The van der Waals surface area contributed by atoms with E-state index in [1.165, 1.54) is 6.20 Å². The van der Waals surface area contributed by atoms with E-state index in [-0.39, 0.29) is 6.04 Å². The molecule has 0 amide bonds. The number of para-hydroxylation sites is 1. The summed E-state index contributed by atoms with van der Waals surface area (Å²) in [5, 5.41) is 13.5. The molecule has 0 aliphatic heterocycles. The largest absolute Gasteiger partial charge is 0.459 e. The molecule has 1 N–H and O–H groups in total. The molecule has 0 saturated carbocycles. The molecule has 0 spiro atoms. The number of furan rings is 1. The van der Waals surface area contributed by atoms with Crippen LogP contribution in [0.25, 0.3) is 11.0 Å². The number of hydrogen-bond acceptors (Lipinski definition) is 4. The number of pyridine rings is 1. The molecule has 3 aromatic rings.